The first kappa shape index (κ1) is 12.5. The van der Waals surface area contributed by atoms with Gasteiger partial charge in [0.15, 0.2) is 0 Å². The molecule has 0 aliphatic heterocycles. The number of nitrogen functional groups attached to an aromatic ring is 1. The van der Waals surface area contributed by atoms with Crippen LogP contribution in [0.1, 0.15) is 37.7 Å². The van der Waals surface area contributed by atoms with Crippen molar-refractivity contribution in [1.29, 1.82) is 0 Å². The Morgan fingerprint density at radius 1 is 1.26 bits per heavy atom. The summed E-state index contributed by atoms with van der Waals surface area (Å²) in [5.41, 5.74) is 7.75. The zero-order chi connectivity index (χ0) is 13.2. The number of hydrogen-bond acceptors (Lipinski definition) is 2. The van der Waals surface area contributed by atoms with Crippen molar-refractivity contribution < 1.29 is 4.79 Å². The standard InChI is InChI=1S/C16H22N2O/c17-14-4-2-1-3-12(14)7-8-16(19)18-15-10-11-5-6-13(15)9-11/h1-4,11,13,15H,5-10,17H2,(H,18,19). The van der Waals surface area contributed by atoms with Crippen molar-refractivity contribution in [3.63, 3.8) is 0 Å². The summed E-state index contributed by atoms with van der Waals surface area (Å²) in [6, 6.07) is 8.23. The van der Waals surface area contributed by atoms with Gasteiger partial charge in [0.1, 0.15) is 0 Å². The highest BCUT2D eigenvalue weighted by Gasteiger charge is 2.39. The Hall–Kier alpha value is -1.51. The van der Waals surface area contributed by atoms with Gasteiger partial charge in [-0.1, -0.05) is 24.6 Å². The summed E-state index contributed by atoms with van der Waals surface area (Å²) in [6.45, 7) is 0. The van der Waals surface area contributed by atoms with Crippen LogP contribution in [0.25, 0.3) is 0 Å². The first-order valence-corrected chi connectivity index (χ1v) is 7.35. The number of para-hydroxylation sites is 1. The molecule has 1 amide bonds. The van der Waals surface area contributed by atoms with Crippen LogP contribution < -0.4 is 11.1 Å². The molecule has 3 nitrogen and oxygen atoms in total. The fraction of sp³-hybridized carbons (Fsp3) is 0.562. The van der Waals surface area contributed by atoms with Crippen LogP contribution in [0.15, 0.2) is 24.3 Å². The maximum absolute atomic E-state index is 12.0. The summed E-state index contributed by atoms with van der Waals surface area (Å²) in [7, 11) is 0. The molecule has 0 heterocycles. The average Bonchev–Trinajstić information content (AvgIpc) is 3.00. The van der Waals surface area contributed by atoms with E-state index >= 15 is 0 Å². The number of carbonyl (C=O) groups is 1. The first-order chi connectivity index (χ1) is 9.22. The molecule has 2 bridgehead atoms. The SMILES string of the molecule is Nc1ccccc1CCC(=O)NC1CC2CCC1C2. The van der Waals surface area contributed by atoms with E-state index < -0.39 is 0 Å². The first-order valence-electron chi connectivity index (χ1n) is 7.35. The molecular formula is C16H22N2O. The fourth-order valence-corrected chi connectivity index (χ4v) is 3.71. The Balaban J connectivity index is 1.48. The third-order valence-corrected chi connectivity index (χ3v) is 4.76. The Labute approximate surface area is 114 Å². The molecule has 0 radical (unpaired) electrons. The summed E-state index contributed by atoms with van der Waals surface area (Å²) < 4.78 is 0. The van der Waals surface area contributed by atoms with Crippen molar-refractivity contribution >= 4 is 11.6 Å². The van der Waals surface area contributed by atoms with E-state index in [-0.39, 0.29) is 5.91 Å². The maximum atomic E-state index is 12.0. The van der Waals surface area contributed by atoms with Crippen molar-refractivity contribution in [2.24, 2.45) is 11.8 Å². The van der Waals surface area contributed by atoms with Gasteiger partial charge < -0.3 is 11.1 Å². The number of hydrogen-bond donors (Lipinski definition) is 2. The number of amides is 1. The van der Waals surface area contributed by atoms with Crippen molar-refractivity contribution in [1.82, 2.24) is 5.32 Å². The number of fused-ring (bicyclic) bond motifs is 2. The molecule has 0 saturated heterocycles. The van der Waals surface area contributed by atoms with E-state index in [1.807, 2.05) is 24.3 Å². The molecule has 2 fully saturated rings. The van der Waals surface area contributed by atoms with E-state index in [0.29, 0.717) is 12.5 Å². The van der Waals surface area contributed by atoms with Crippen LogP contribution >= 0.6 is 0 Å². The number of benzene rings is 1. The normalized spacial score (nSPS) is 28.5. The summed E-state index contributed by atoms with van der Waals surface area (Å²) in [4.78, 5) is 12.0. The van der Waals surface area contributed by atoms with Gasteiger partial charge in [0.2, 0.25) is 5.91 Å². The van der Waals surface area contributed by atoms with Crippen molar-refractivity contribution in [3.8, 4) is 0 Å². The molecule has 19 heavy (non-hydrogen) atoms. The molecule has 2 aliphatic carbocycles. The van der Waals surface area contributed by atoms with Crippen LogP contribution in [-0.4, -0.2) is 11.9 Å². The summed E-state index contributed by atoms with van der Waals surface area (Å²) in [5, 5.41) is 3.22. The van der Waals surface area contributed by atoms with E-state index in [4.69, 9.17) is 5.73 Å². The average molecular weight is 258 g/mol. The number of nitrogens with two attached hydrogens (primary N) is 1. The van der Waals surface area contributed by atoms with Crippen LogP contribution in [0, 0.1) is 11.8 Å². The molecule has 2 aliphatic rings. The minimum Gasteiger partial charge on any atom is -0.399 e. The van der Waals surface area contributed by atoms with Gasteiger partial charge in [-0.15, -0.1) is 0 Å². The Bertz CT molecular complexity index is 472. The molecule has 3 unspecified atom stereocenters. The van der Waals surface area contributed by atoms with Gasteiger partial charge in [0.05, 0.1) is 0 Å². The fourth-order valence-electron chi connectivity index (χ4n) is 3.71. The predicted octanol–water partition coefficient (Wildman–Crippen LogP) is 2.51. The lowest BCUT2D eigenvalue weighted by Gasteiger charge is -2.22. The number of aryl methyl sites for hydroxylation is 1. The van der Waals surface area contributed by atoms with Crippen LogP contribution in [-0.2, 0) is 11.2 Å². The predicted molar refractivity (Wildman–Crippen MR) is 76.6 cm³/mol. The van der Waals surface area contributed by atoms with Crippen molar-refractivity contribution in [2.75, 3.05) is 5.73 Å². The molecule has 1 aromatic carbocycles. The second-order valence-electron chi connectivity index (χ2n) is 6.05. The van der Waals surface area contributed by atoms with Crippen LogP contribution in [0.2, 0.25) is 0 Å². The summed E-state index contributed by atoms with van der Waals surface area (Å²) in [6.07, 6.45) is 6.49. The molecule has 0 spiro atoms. The smallest absolute Gasteiger partial charge is 0.220 e. The highest BCUT2D eigenvalue weighted by molar-refractivity contribution is 5.76. The lowest BCUT2D eigenvalue weighted by Crippen LogP contribution is -2.38. The highest BCUT2D eigenvalue weighted by atomic mass is 16.1. The lowest BCUT2D eigenvalue weighted by atomic mass is 9.95. The van der Waals surface area contributed by atoms with Gasteiger partial charge >= 0.3 is 0 Å². The molecule has 1 aromatic rings. The lowest BCUT2D eigenvalue weighted by molar-refractivity contribution is -0.122. The van der Waals surface area contributed by atoms with Gasteiger partial charge in [-0.25, -0.2) is 0 Å². The van der Waals surface area contributed by atoms with Gasteiger partial charge in [0.25, 0.3) is 0 Å². The van der Waals surface area contributed by atoms with E-state index in [2.05, 4.69) is 5.32 Å². The summed E-state index contributed by atoms with van der Waals surface area (Å²) >= 11 is 0. The molecule has 3 atom stereocenters. The molecule has 3 rings (SSSR count). The largest absolute Gasteiger partial charge is 0.399 e. The van der Waals surface area contributed by atoms with Gasteiger partial charge in [-0.3, -0.25) is 4.79 Å². The number of nitrogens with one attached hydrogen (secondary N) is 1. The highest BCUT2D eigenvalue weighted by Crippen LogP contribution is 2.44. The zero-order valence-electron chi connectivity index (χ0n) is 11.3. The number of carbonyl (C=O) groups excluding carboxylic acids is 1. The molecule has 3 N–H and O–H groups in total. The Kier molecular flexibility index (Phi) is 3.45. The van der Waals surface area contributed by atoms with Crippen molar-refractivity contribution in [3.05, 3.63) is 29.8 Å². The molecule has 0 aromatic heterocycles. The Morgan fingerprint density at radius 3 is 2.79 bits per heavy atom. The third-order valence-electron chi connectivity index (χ3n) is 4.76. The van der Waals surface area contributed by atoms with E-state index in [9.17, 15) is 4.79 Å². The van der Waals surface area contributed by atoms with Crippen molar-refractivity contribution in [2.45, 2.75) is 44.6 Å². The molecule has 2 saturated carbocycles. The van der Waals surface area contributed by atoms with Crippen LogP contribution in [0.4, 0.5) is 5.69 Å². The number of rotatable bonds is 4. The number of anilines is 1. The second-order valence-corrected chi connectivity index (χ2v) is 6.05. The quantitative estimate of drug-likeness (QED) is 0.815. The second kappa shape index (κ2) is 5.24. The van der Waals surface area contributed by atoms with E-state index in [1.54, 1.807) is 0 Å². The van der Waals surface area contributed by atoms with Gasteiger partial charge in [0, 0.05) is 18.2 Å². The summed E-state index contributed by atoms with van der Waals surface area (Å²) in [5.74, 6) is 1.80. The van der Waals surface area contributed by atoms with Gasteiger partial charge in [-0.2, -0.15) is 0 Å². The van der Waals surface area contributed by atoms with Crippen LogP contribution in [0.3, 0.4) is 0 Å². The monoisotopic (exact) mass is 258 g/mol. The molecule has 102 valence electrons. The Morgan fingerprint density at radius 2 is 2.11 bits per heavy atom. The minimum absolute atomic E-state index is 0.181. The van der Waals surface area contributed by atoms with E-state index in [1.165, 1.54) is 25.7 Å². The molecular weight excluding hydrogens is 236 g/mol. The zero-order valence-corrected chi connectivity index (χ0v) is 11.3. The topological polar surface area (TPSA) is 55.1 Å². The van der Waals surface area contributed by atoms with Crippen LogP contribution in [0.5, 0.6) is 0 Å². The van der Waals surface area contributed by atoms with E-state index in [0.717, 1.165) is 29.5 Å². The maximum Gasteiger partial charge on any atom is 0.220 e. The van der Waals surface area contributed by atoms with Gasteiger partial charge in [-0.05, 0) is 49.1 Å². The third kappa shape index (κ3) is 2.75. The molecule has 3 heteroatoms. The minimum atomic E-state index is 0.181.